The van der Waals surface area contributed by atoms with Crippen LogP contribution in [0, 0.1) is 5.92 Å². The van der Waals surface area contributed by atoms with Crippen LogP contribution in [0.3, 0.4) is 0 Å². The molecule has 1 amide bonds. The second-order valence-corrected chi connectivity index (χ2v) is 4.97. The van der Waals surface area contributed by atoms with E-state index in [1.165, 1.54) is 0 Å². The standard InChI is InChI=1S/C11H22N2O3/c1-7(2)9(12)10(14)13-5-8-6-15-11(3,4)16-8/h7-9H,5-6,12H2,1-4H3,(H,13,14)/t8?,9-/m1/s1. The third kappa shape index (κ3) is 3.73. The number of amides is 1. The number of hydrogen-bond acceptors (Lipinski definition) is 4. The molecule has 1 fully saturated rings. The molecule has 0 aromatic carbocycles. The van der Waals surface area contributed by atoms with Gasteiger partial charge in [-0.15, -0.1) is 0 Å². The molecule has 0 spiro atoms. The molecule has 3 N–H and O–H groups in total. The van der Waals surface area contributed by atoms with Crippen molar-refractivity contribution in [1.82, 2.24) is 5.32 Å². The minimum absolute atomic E-state index is 0.0849. The third-order valence-electron chi connectivity index (χ3n) is 2.59. The topological polar surface area (TPSA) is 73.6 Å². The highest BCUT2D eigenvalue weighted by molar-refractivity contribution is 5.81. The van der Waals surface area contributed by atoms with Crippen LogP contribution in [0.15, 0.2) is 0 Å². The molecule has 1 aliphatic rings. The molecule has 1 aliphatic heterocycles. The first-order valence-electron chi connectivity index (χ1n) is 5.67. The maximum Gasteiger partial charge on any atom is 0.237 e. The Bertz CT molecular complexity index is 254. The third-order valence-corrected chi connectivity index (χ3v) is 2.59. The van der Waals surface area contributed by atoms with Crippen molar-refractivity contribution in [3.8, 4) is 0 Å². The molecule has 1 saturated heterocycles. The average molecular weight is 230 g/mol. The highest BCUT2D eigenvalue weighted by Gasteiger charge is 2.32. The van der Waals surface area contributed by atoms with E-state index in [1.807, 2.05) is 27.7 Å². The van der Waals surface area contributed by atoms with Crippen molar-refractivity contribution in [2.45, 2.75) is 45.6 Å². The van der Waals surface area contributed by atoms with Gasteiger partial charge < -0.3 is 20.5 Å². The van der Waals surface area contributed by atoms with Gasteiger partial charge in [0, 0.05) is 6.54 Å². The molecule has 0 aromatic heterocycles. The van der Waals surface area contributed by atoms with Crippen LogP contribution in [0.4, 0.5) is 0 Å². The minimum Gasteiger partial charge on any atom is -0.352 e. The van der Waals surface area contributed by atoms with Crippen LogP contribution in [0.2, 0.25) is 0 Å². The number of carbonyl (C=O) groups excluding carboxylic acids is 1. The lowest BCUT2D eigenvalue weighted by Gasteiger charge is -2.19. The Morgan fingerprint density at radius 2 is 2.19 bits per heavy atom. The molecule has 16 heavy (non-hydrogen) atoms. The van der Waals surface area contributed by atoms with Crippen LogP contribution in [-0.4, -0.2) is 37.0 Å². The highest BCUT2D eigenvalue weighted by Crippen LogP contribution is 2.21. The molecule has 1 heterocycles. The van der Waals surface area contributed by atoms with Crippen molar-refractivity contribution >= 4 is 5.91 Å². The van der Waals surface area contributed by atoms with Gasteiger partial charge in [0.15, 0.2) is 5.79 Å². The summed E-state index contributed by atoms with van der Waals surface area (Å²) in [5, 5.41) is 2.77. The van der Waals surface area contributed by atoms with Gasteiger partial charge in [0.25, 0.3) is 0 Å². The second-order valence-electron chi connectivity index (χ2n) is 4.97. The molecule has 0 radical (unpaired) electrons. The Labute approximate surface area is 96.7 Å². The van der Waals surface area contributed by atoms with Crippen LogP contribution in [0.5, 0.6) is 0 Å². The largest absolute Gasteiger partial charge is 0.352 e. The molecule has 94 valence electrons. The quantitative estimate of drug-likeness (QED) is 0.725. The summed E-state index contributed by atoms with van der Waals surface area (Å²) in [4.78, 5) is 11.6. The molecule has 5 heteroatoms. The van der Waals surface area contributed by atoms with Crippen molar-refractivity contribution in [2.24, 2.45) is 11.7 Å². The lowest BCUT2D eigenvalue weighted by Crippen LogP contribution is -2.46. The van der Waals surface area contributed by atoms with Crippen LogP contribution in [0.25, 0.3) is 0 Å². The predicted octanol–water partition coefficient (Wildman–Crippen LogP) is 0.237. The predicted molar refractivity (Wildman–Crippen MR) is 60.7 cm³/mol. The molecule has 0 saturated carbocycles. The molecule has 1 unspecified atom stereocenters. The van der Waals surface area contributed by atoms with Crippen molar-refractivity contribution < 1.29 is 14.3 Å². The average Bonchev–Trinajstić information content (AvgIpc) is 2.53. The van der Waals surface area contributed by atoms with Gasteiger partial charge in [-0.3, -0.25) is 4.79 Å². The van der Waals surface area contributed by atoms with Gasteiger partial charge in [0.05, 0.1) is 12.6 Å². The lowest BCUT2D eigenvalue weighted by atomic mass is 10.1. The zero-order chi connectivity index (χ0) is 12.3. The summed E-state index contributed by atoms with van der Waals surface area (Å²) >= 11 is 0. The summed E-state index contributed by atoms with van der Waals surface area (Å²) in [7, 11) is 0. The fourth-order valence-electron chi connectivity index (χ4n) is 1.50. The number of carbonyl (C=O) groups is 1. The van der Waals surface area contributed by atoms with Crippen molar-refractivity contribution in [2.75, 3.05) is 13.2 Å². The number of nitrogens with two attached hydrogens (primary N) is 1. The van der Waals surface area contributed by atoms with E-state index in [2.05, 4.69) is 5.32 Å². The number of ether oxygens (including phenoxy) is 2. The zero-order valence-electron chi connectivity index (χ0n) is 10.4. The monoisotopic (exact) mass is 230 g/mol. The molecular weight excluding hydrogens is 208 g/mol. The Morgan fingerprint density at radius 3 is 2.62 bits per heavy atom. The van der Waals surface area contributed by atoms with E-state index in [0.717, 1.165) is 0 Å². The van der Waals surface area contributed by atoms with Crippen molar-refractivity contribution in [3.63, 3.8) is 0 Å². The van der Waals surface area contributed by atoms with Gasteiger partial charge in [-0.2, -0.15) is 0 Å². The molecule has 2 atom stereocenters. The molecular formula is C11H22N2O3. The van der Waals surface area contributed by atoms with Crippen LogP contribution >= 0.6 is 0 Å². The molecule has 0 aromatic rings. The van der Waals surface area contributed by atoms with Gasteiger partial charge in [0.2, 0.25) is 5.91 Å². The number of rotatable bonds is 4. The fraction of sp³-hybridized carbons (Fsp3) is 0.909. The fourth-order valence-corrected chi connectivity index (χ4v) is 1.50. The van der Waals surface area contributed by atoms with Gasteiger partial charge in [-0.05, 0) is 19.8 Å². The summed E-state index contributed by atoms with van der Waals surface area (Å²) in [6.07, 6.45) is -0.0849. The Morgan fingerprint density at radius 1 is 1.56 bits per heavy atom. The van der Waals surface area contributed by atoms with Gasteiger partial charge in [0.1, 0.15) is 6.10 Å². The molecule has 5 nitrogen and oxygen atoms in total. The smallest absolute Gasteiger partial charge is 0.237 e. The Balaban J connectivity index is 2.28. The number of hydrogen-bond donors (Lipinski definition) is 2. The lowest BCUT2D eigenvalue weighted by molar-refractivity contribution is -0.139. The molecule has 1 rings (SSSR count). The highest BCUT2D eigenvalue weighted by atomic mass is 16.7. The van der Waals surface area contributed by atoms with E-state index in [1.54, 1.807) is 0 Å². The first kappa shape index (κ1) is 13.4. The van der Waals surface area contributed by atoms with Crippen LogP contribution in [0.1, 0.15) is 27.7 Å². The Kier molecular flexibility index (Phi) is 4.29. The minimum atomic E-state index is -0.546. The molecule has 0 bridgehead atoms. The van der Waals surface area contributed by atoms with Crippen LogP contribution in [-0.2, 0) is 14.3 Å². The normalized spacial score (nSPS) is 25.8. The Hall–Kier alpha value is -0.650. The number of nitrogens with one attached hydrogen (secondary N) is 1. The zero-order valence-corrected chi connectivity index (χ0v) is 10.4. The van der Waals surface area contributed by atoms with E-state index < -0.39 is 11.8 Å². The van der Waals surface area contributed by atoms with E-state index in [0.29, 0.717) is 13.2 Å². The summed E-state index contributed by atoms with van der Waals surface area (Å²) in [6.45, 7) is 8.50. The van der Waals surface area contributed by atoms with E-state index >= 15 is 0 Å². The van der Waals surface area contributed by atoms with E-state index in [-0.39, 0.29) is 17.9 Å². The first-order valence-corrected chi connectivity index (χ1v) is 5.67. The van der Waals surface area contributed by atoms with E-state index in [9.17, 15) is 4.79 Å². The van der Waals surface area contributed by atoms with Crippen LogP contribution < -0.4 is 11.1 Å². The van der Waals surface area contributed by atoms with Crippen molar-refractivity contribution in [1.29, 1.82) is 0 Å². The SMILES string of the molecule is CC(C)[C@@H](N)C(=O)NCC1COC(C)(C)O1. The van der Waals surface area contributed by atoms with Gasteiger partial charge in [-0.25, -0.2) is 0 Å². The maximum absolute atomic E-state index is 11.6. The summed E-state index contributed by atoms with van der Waals surface area (Å²) in [6, 6.07) is -0.463. The summed E-state index contributed by atoms with van der Waals surface area (Å²) in [5.74, 6) is -0.546. The second kappa shape index (κ2) is 5.12. The van der Waals surface area contributed by atoms with E-state index in [4.69, 9.17) is 15.2 Å². The molecule has 0 aliphatic carbocycles. The van der Waals surface area contributed by atoms with Gasteiger partial charge >= 0.3 is 0 Å². The summed E-state index contributed by atoms with van der Waals surface area (Å²) in [5.41, 5.74) is 5.71. The van der Waals surface area contributed by atoms with Gasteiger partial charge in [-0.1, -0.05) is 13.8 Å². The first-order chi connectivity index (χ1) is 7.32. The van der Waals surface area contributed by atoms with Crippen molar-refractivity contribution in [3.05, 3.63) is 0 Å². The maximum atomic E-state index is 11.6. The summed E-state index contributed by atoms with van der Waals surface area (Å²) < 4.78 is 10.9.